The van der Waals surface area contributed by atoms with E-state index in [1.807, 2.05) is 11.0 Å². The number of fused-ring (bicyclic) bond motifs is 1. The number of carbonyl (C=O) groups is 1. The fourth-order valence-electron chi connectivity index (χ4n) is 5.33. The monoisotopic (exact) mass is 569 g/mol. The number of amides is 1. The van der Waals surface area contributed by atoms with Gasteiger partial charge in [0, 0.05) is 51.4 Å². The Hall–Kier alpha value is -1.55. The number of rotatable bonds is 5. The molecule has 0 spiro atoms. The van der Waals surface area contributed by atoms with Gasteiger partial charge in [-0.25, -0.2) is 4.99 Å². The first-order valence-corrected chi connectivity index (χ1v) is 12.5. The van der Waals surface area contributed by atoms with Crippen LogP contribution in [0.4, 0.5) is 0 Å². The number of phenolic OH excluding ortho intramolecular Hbond substituents is 1. The molecule has 1 aromatic rings. The Balaban J connectivity index is 0.00000306. The van der Waals surface area contributed by atoms with Crippen molar-refractivity contribution in [1.29, 1.82) is 0 Å². The Labute approximate surface area is 215 Å². The third kappa shape index (κ3) is 6.12. The second kappa shape index (κ2) is 12.2. The fraction of sp³-hybridized carbons (Fsp3) is 0.680. The van der Waals surface area contributed by atoms with E-state index in [1.54, 1.807) is 0 Å². The average molecular weight is 570 g/mol. The van der Waals surface area contributed by atoms with Crippen LogP contribution in [0.5, 0.6) is 5.75 Å². The standard InChI is InChI=1S/C25H39N5O2.HI/c1-3-26-25(27-18-22-21-9-5-4-8-20(21)10-11-23(22)31)30-16-14-28(15-17-30)19(2)24(32)29-12-6-7-13-29;/h10-11,19,31H,3-9,12-18H2,1-2H3,(H,26,27);1H. The highest BCUT2D eigenvalue weighted by molar-refractivity contribution is 14.0. The van der Waals surface area contributed by atoms with E-state index in [9.17, 15) is 9.90 Å². The molecular weight excluding hydrogens is 529 g/mol. The molecule has 2 N–H and O–H groups in total. The summed E-state index contributed by atoms with van der Waals surface area (Å²) in [7, 11) is 0. The molecular formula is C25H40IN5O2. The van der Waals surface area contributed by atoms with E-state index in [2.05, 4.69) is 35.0 Å². The third-order valence-electron chi connectivity index (χ3n) is 7.28. The Morgan fingerprint density at radius 2 is 1.73 bits per heavy atom. The summed E-state index contributed by atoms with van der Waals surface area (Å²) in [6.07, 6.45) is 6.81. The van der Waals surface area contributed by atoms with Crippen LogP contribution in [-0.2, 0) is 24.2 Å². The first kappa shape index (κ1) is 26.1. The van der Waals surface area contributed by atoms with Crippen molar-refractivity contribution in [2.24, 2.45) is 4.99 Å². The molecule has 2 aliphatic heterocycles. The quantitative estimate of drug-likeness (QED) is 0.324. The van der Waals surface area contributed by atoms with Crippen molar-refractivity contribution >= 4 is 35.8 Å². The molecule has 33 heavy (non-hydrogen) atoms. The van der Waals surface area contributed by atoms with Gasteiger partial charge in [0.25, 0.3) is 0 Å². The van der Waals surface area contributed by atoms with Gasteiger partial charge in [-0.15, -0.1) is 24.0 Å². The lowest BCUT2D eigenvalue weighted by atomic mass is 9.88. The molecule has 0 aromatic heterocycles. The normalized spacial score (nSPS) is 20.2. The number of hydrogen-bond acceptors (Lipinski definition) is 4. The summed E-state index contributed by atoms with van der Waals surface area (Å²) in [6.45, 7) is 10.7. The van der Waals surface area contributed by atoms with Crippen molar-refractivity contribution in [2.75, 3.05) is 45.8 Å². The van der Waals surface area contributed by atoms with Gasteiger partial charge in [-0.1, -0.05) is 6.07 Å². The first-order valence-electron chi connectivity index (χ1n) is 12.5. The Kier molecular flexibility index (Phi) is 9.67. The molecule has 0 bridgehead atoms. The van der Waals surface area contributed by atoms with Crippen molar-refractivity contribution in [3.63, 3.8) is 0 Å². The number of hydrogen-bond donors (Lipinski definition) is 2. The van der Waals surface area contributed by atoms with E-state index in [-0.39, 0.29) is 35.9 Å². The van der Waals surface area contributed by atoms with E-state index in [0.29, 0.717) is 12.3 Å². The van der Waals surface area contributed by atoms with Crippen LogP contribution in [-0.4, -0.2) is 83.5 Å². The summed E-state index contributed by atoms with van der Waals surface area (Å²) in [5, 5.41) is 13.9. The molecule has 184 valence electrons. The average Bonchev–Trinajstić information content (AvgIpc) is 3.37. The highest BCUT2D eigenvalue weighted by Crippen LogP contribution is 2.31. The summed E-state index contributed by atoms with van der Waals surface area (Å²) in [4.78, 5) is 24.3. The van der Waals surface area contributed by atoms with Crippen LogP contribution in [0.25, 0.3) is 0 Å². The largest absolute Gasteiger partial charge is 0.508 e. The van der Waals surface area contributed by atoms with Crippen LogP contribution in [0.2, 0.25) is 0 Å². The minimum Gasteiger partial charge on any atom is -0.508 e. The van der Waals surface area contributed by atoms with E-state index in [1.165, 1.54) is 24.0 Å². The number of aliphatic imine (C=N–C) groups is 1. The smallest absolute Gasteiger partial charge is 0.239 e. The molecule has 8 heteroatoms. The minimum atomic E-state index is -0.0532. The van der Waals surface area contributed by atoms with E-state index in [0.717, 1.165) is 83.0 Å². The van der Waals surface area contributed by atoms with Gasteiger partial charge in [-0.2, -0.15) is 0 Å². The second-order valence-electron chi connectivity index (χ2n) is 9.31. The number of aromatic hydroxyl groups is 1. The Morgan fingerprint density at radius 3 is 2.42 bits per heavy atom. The van der Waals surface area contributed by atoms with Gasteiger partial charge in [-0.3, -0.25) is 9.69 Å². The molecule has 1 aliphatic carbocycles. The summed E-state index contributed by atoms with van der Waals surface area (Å²) in [5.74, 6) is 1.55. The highest BCUT2D eigenvalue weighted by atomic mass is 127. The molecule has 7 nitrogen and oxygen atoms in total. The lowest BCUT2D eigenvalue weighted by Gasteiger charge is -2.39. The molecule has 2 heterocycles. The third-order valence-corrected chi connectivity index (χ3v) is 7.28. The van der Waals surface area contributed by atoms with Gasteiger partial charge in [-0.05, 0) is 69.6 Å². The van der Waals surface area contributed by atoms with Gasteiger partial charge < -0.3 is 20.2 Å². The van der Waals surface area contributed by atoms with Crippen LogP contribution in [0.1, 0.15) is 56.2 Å². The summed E-state index contributed by atoms with van der Waals surface area (Å²) < 4.78 is 0. The molecule has 0 radical (unpaired) electrons. The van der Waals surface area contributed by atoms with Gasteiger partial charge >= 0.3 is 0 Å². The number of benzene rings is 1. The SMILES string of the molecule is CCNC(=NCc1c(O)ccc2c1CCCC2)N1CCN(C(C)C(=O)N2CCCC2)CC1.I. The van der Waals surface area contributed by atoms with Crippen molar-refractivity contribution < 1.29 is 9.90 Å². The number of phenols is 1. The summed E-state index contributed by atoms with van der Waals surface area (Å²) in [5.41, 5.74) is 3.66. The number of carbonyl (C=O) groups excluding carboxylic acids is 1. The topological polar surface area (TPSA) is 71.4 Å². The van der Waals surface area contributed by atoms with Gasteiger partial charge in [0.2, 0.25) is 5.91 Å². The first-order chi connectivity index (χ1) is 15.6. The number of guanidine groups is 1. The zero-order valence-corrected chi connectivity index (χ0v) is 22.5. The maximum absolute atomic E-state index is 12.8. The van der Waals surface area contributed by atoms with Crippen LogP contribution in [0.15, 0.2) is 17.1 Å². The van der Waals surface area contributed by atoms with Crippen LogP contribution < -0.4 is 5.32 Å². The molecule has 1 unspecified atom stereocenters. The van der Waals surface area contributed by atoms with E-state index in [4.69, 9.17) is 4.99 Å². The Morgan fingerprint density at radius 1 is 1.03 bits per heavy atom. The molecule has 2 fully saturated rings. The van der Waals surface area contributed by atoms with Crippen molar-refractivity contribution in [3.05, 3.63) is 28.8 Å². The number of halogens is 1. The molecule has 1 atom stereocenters. The zero-order chi connectivity index (χ0) is 22.5. The van der Waals surface area contributed by atoms with E-state index >= 15 is 0 Å². The molecule has 1 amide bonds. The Bertz CT molecular complexity index is 832. The number of piperazine rings is 1. The lowest BCUT2D eigenvalue weighted by molar-refractivity contribution is -0.135. The predicted molar refractivity (Wildman–Crippen MR) is 143 cm³/mol. The maximum Gasteiger partial charge on any atom is 0.239 e. The molecule has 2 saturated heterocycles. The van der Waals surface area contributed by atoms with E-state index < -0.39 is 0 Å². The number of likely N-dealkylation sites (tertiary alicyclic amines) is 1. The molecule has 4 rings (SSSR count). The predicted octanol–water partition coefficient (Wildman–Crippen LogP) is 2.98. The van der Waals surface area contributed by atoms with Crippen LogP contribution in [0.3, 0.4) is 0 Å². The lowest BCUT2D eigenvalue weighted by Crippen LogP contribution is -2.57. The highest BCUT2D eigenvalue weighted by Gasteiger charge is 2.30. The second-order valence-corrected chi connectivity index (χ2v) is 9.31. The number of aryl methyl sites for hydroxylation is 1. The number of nitrogens with one attached hydrogen (secondary N) is 1. The maximum atomic E-state index is 12.8. The van der Waals surface area contributed by atoms with Crippen molar-refractivity contribution in [3.8, 4) is 5.75 Å². The van der Waals surface area contributed by atoms with Gasteiger partial charge in [0.1, 0.15) is 5.75 Å². The van der Waals surface area contributed by atoms with Crippen LogP contribution in [0, 0.1) is 0 Å². The molecule has 3 aliphatic rings. The summed E-state index contributed by atoms with van der Waals surface area (Å²) >= 11 is 0. The zero-order valence-electron chi connectivity index (χ0n) is 20.2. The van der Waals surface area contributed by atoms with Gasteiger partial charge in [0.15, 0.2) is 5.96 Å². The van der Waals surface area contributed by atoms with Crippen molar-refractivity contribution in [1.82, 2.24) is 20.0 Å². The fourth-order valence-corrected chi connectivity index (χ4v) is 5.33. The van der Waals surface area contributed by atoms with Crippen molar-refractivity contribution in [2.45, 2.75) is 65.0 Å². The number of nitrogens with zero attached hydrogens (tertiary/aromatic N) is 4. The minimum absolute atomic E-state index is 0. The van der Waals surface area contributed by atoms with Crippen LogP contribution >= 0.6 is 24.0 Å². The van der Waals surface area contributed by atoms with Gasteiger partial charge in [0.05, 0.1) is 12.6 Å². The molecule has 0 saturated carbocycles. The molecule has 1 aromatic carbocycles. The summed E-state index contributed by atoms with van der Waals surface area (Å²) in [6, 6.07) is 3.86.